The van der Waals surface area contributed by atoms with Crippen molar-refractivity contribution in [2.45, 2.75) is 31.9 Å². The van der Waals surface area contributed by atoms with Crippen LogP contribution in [0.15, 0.2) is 18.2 Å². The van der Waals surface area contributed by atoms with E-state index in [1.807, 2.05) is 0 Å². The molecule has 94 valence electrons. The first kappa shape index (κ1) is 12.2. The number of benzene rings is 1. The summed E-state index contributed by atoms with van der Waals surface area (Å²) in [6.07, 6.45) is 2.70. The molecule has 1 saturated carbocycles. The lowest BCUT2D eigenvalue weighted by Crippen LogP contribution is -2.21. The maximum absolute atomic E-state index is 9.59. The van der Waals surface area contributed by atoms with E-state index in [1.165, 1.54) is 6.07 Å². The van der Waals surface area contributed by atoms with Crippen LogP contribution >= 0.6 is 0 Å². The molecule has 4 N–H and O–H groups in total. The zero-order chi connectivity index (χ0) is 12.3. The van der Waals surface area contributed by atoms with E-state index >= 15 is 0 Å². The van der Waals surface area contributed by atoms with Crippen LogP contribution in [0.1, 0.15) is 24.8 Å². The molecule has 4 heteroatoms. The lowest BCUT2D eigenvalue weighted by Gasteiger charge is -2.11. The first-order valence-corrected chi connectivity index (χ1v) is 6.05. The number of hydrogen-bond donors (Lipinski definition) is 4. The number of nitrogens with one attached hydrogen (secondary N) is 1. The Labute approximate surface area is 101 Å². The Balaban J connectivity index is 1.78. The van der Waals surface area contributed by atoms with Gasteiger partial charge in [0.15, 0.2) is 0 Å². The Bertz CT molecular complexity index is 381. The highest BCUT2D eigenvalue weighted by molar-refractivity contribution is 5.38. The lowest BCUT2D eigenvalue weighted by atomic mass is 10.1. The van der Waals surface area contributed by atoms with Crippen molar-refractivity contribution in [3.8, 4) is 11.5 Å². The smallest absolute Gasteiger partial charge is 0.123 e. The largest absolute Gasteiger partial charge is 0.508 e. The van der Waals surface area contributed by atoms with E-state index in [1.54, 1.807) is 12.1 Å². The molecule has 0 aliphatic heterocycles. The summed E-state index contributed by atoms with van der Waals surface area (Å²) < 4.78 is 0. The van der Waals surface area contributed by atoms with Crippen LogP contribution in [0.25, 0.3) is 0 Å². The van der Waals surface area contributed by atoms with Crippen molar-refractivity contribution < 1.29 is 15.3 Å². The highest BCUT2D eigenvalue weighted by Gasteiger charge is 2.22. The summed E-state index contributed by atoms with van der Waals surface area (Å²) in [5.41, 5.74) is 0.779. The first-order valence-electron chi connectivity index (χ1n) is 6.05. The highest BCUT2D eigenvalue weighted by Crippen LogP contribution is 2.25. The molecule has 1 aliphatic rings. The van der Waals surface area contributed by atoms with Gasteiger partial charge in [-0.25, -0.2) is 0 Å². The van der Waals surface area contributed by atoms with Gasteiger partial charge in [-0.15, -0.1) is 0 Å². The Morgan fingerprint density at radius 3 is 2.71 bits per heavy atom. The third kappa shape index (κ3) is 3.35. The Morgan fingerprint density at radius 1 is 1.24 bits per heavy atom. The summed E-state index contributed by atoms with van der Waals surface area (Å²) in [5.74, 6) is 0.721. The fraction of sp³-hybridized carbons (Fsp3) is 0.538. The summed E-state index contributed by atoms with van der Waals surface area (Å²) >= 11 is 0. The van der Waals surface area contributed by atoms with Gasteiger partial charge < -0.3 is 20.6 Å². The molecule has 0 heterocycles. The maximum atomic E-state index is 9.59. The second-order valence-electron chi connectivity index (χ2n) is 4.78. The second-order valence-corrected chi connectivity index (χ2v) is 4.78. The van der Waals surface area contributed by atoms with E-state index in [0.29, 0.717) is 12.5 Å². The minimum Gasteiger partial charge on any atom is -0.508 e. The monoisotopic (exact) mass is 237 g/mol. The van der Waals surface area contributed by atoms with Crippen LogP contribution in [0.2, 0.25) is 0 Å². The van der Waals surface area contributed by atoms with Crippen LogP contribution in [-0.2, 0) is 6.54 Å². The molecule has 2 atom stereocenters. The number of hydrogen-bond acceptors (Lipinski definition) is 4. The molecular weight excluding hydrogens is 218 g/mol. The van der Waals surface area contributed by atoms with Crippen molar-refractivity contribution in [3.63, 3.8) is 0 Å². The molecule has 0 spiro atoms. The van der Waals surface area contributed by atoms with Crippen LogP contribution < -0.4 is 5.32 Å². The standard InChI is InChI=1S/C13H19NO3/c15-11-3-1-9(5-11)7-14-8-10-2-4-12(16)6-13(10)17/h2,4,6,9,11,14-17H,1,3,5,7-8H2. The first-order chi connectivity index (χ1) is 8.15. The minimum atomic E-state index is -0.135. The number of aromatic hydroxyl groups is 2. The fourth-order valence-corrected chi connectivity index (χ4v) is 2.35. The quantitative estimate of drug-likeness (QED) is 0.638. The minimum absolute atomic E-state index is 0.0742. The van der Waals surface area contributed by atoms with E-state index in [9.17, 15) is 10.2 Å². The summed E-state index contributed by atoms with van der Waals surface area (Å²) in [7, 11) is 0. The van der Waals surface area contributed by atoms with Crippen molar-refractivity contribution in [1.82, 2.24) is 5.32 Å². The molecule has 1 fully saturated rings. The van der Waals surface area contributed by atoms with Gasteiger partial charge in [0, 0.05) is 18.2 Å². The van der Waals surface area contributed by atoms with E-state index in [0.717, 1.165) is 31.4 Å². The predicted octanol–water partition coefficient (Wildman–Crippen LogP) is 1.35. The van der Waals surface area contributed by atoms with Crippen LogP contribution in [0.3, 0.4) is 0 Å². The Hall–Kier alpha value is -1.26. The molecule has 0 radical (unpaired) electrons. The number of aliphatic hydroxyl groups excluding tert-OH is 1. The van der Waals surface area contributed by atoms with Gasteiger partial charge in [-0.05, 0) is 37.8 Å². The average molecular weight is 237 g/mol. The third-order valence-electron chi connectivity index (χ3n) is 3.33. The maximum Gasteiger partial charge on any atom is 0.123 e. The number of phenolic OH excluding ortho intramolecular Hbond substituents is 2. The summed E-state index contributed by atoms with van der Waals surface area (Å²) in [4.78, 5) is 0. The second kappa shape index (κ2) is 5.38. The summed E-state index contributed by atoms with van der Waals surface area (Å²) in [5, 5.41) is 31.4. The predicted molar refractivity (Wildman–Crippen MR) is 64.8 cm³/mol. The number of phenols is 2. The van der Waals surface area contributed by atoms with E-state index in [4.69, 9.17) is 5.11 Å². The van der Waals surface area contributed by atoms with E-state index < -0.39 is 0 Å². The van der Waals surface area contributed by atoms with Crippen LogP contribution in [0, 0.1) is 5.92 Å². The molecule has 17 heavy (non-hydrogen) atoms. The zero-order valence-corrected chi connectivity index (χ0v) is 9.76. The molecule has 1 aromatic rings. The van der Waals surface area contributed by atoms with Gasteiger partial charge in [-0.2, -0.15) is 0 Å². The van der Waals surface area contributed by atoms with Gasteiger partial charge in [-0.1, -0.05) is 6.07 Å². The van der Waals surface area contributed by atoms with Crippen molar-refractivity contribution in [3.05, 3.63) is 23.8 Å². The summed E-state index contributed by atoms with van der Waals surface area (Å²) in [6, 6.07) is 4.62. The molecule has 0 aromatic heterocycles. The van der Waals surface area contributed by atoms with Crippen molar-refractivity contribution >= 4 is 0 Å². The van der Waals surface area contributed by atoms with Gasteiger partial charge >= 0.3 is 0 Å². The average Bonchev–Trinajstić information content (AvgIpc) is 2.68. The fourth-order valence-electron chi connectivity index (χ4n) is 2.35. The number of rotatable bonds is 4. The zero-order valence-electron chi connectivity index (χ0n) is 9.76. The van der Waals surface area contributed by atoms with Crippen molar-refractivity contribution in [2.24, 2.45) is 5.92 Å². The third-order valence-corrected chi connectivity index (χ3v) is 3.33. The summed E-state index contributed by atoms with van der Waals surface area (Å²) in [6.45, 7) is 1.44. The van der Waals surface area contributed by atoms with Crippen molar-refractivity contribution in [1.29, 1.82) is 0 Å². The van der Waals surface area contributed by atoms with Gasteiger partial charge in [-0.3, -0.25) is 0 Å². The van der Waals surface area contributed by atoms with E-state index in [-0.39, 0.29) is 17.6 Å². The Morgan fingerprint density at radius 2 is 2.06 bits per heavy atom. The topological polar surface area (TPSA) is 72.7 Å². The molecule has 1 aliphatic carbocycles. The molecule has 0 amide bonds. The van der Waals surface area contributed by atoms with Crippen LogP contribution in [-0.4, -0.2) is 28.0 Å². The molecule has 0 bridgehead atoms. The highest BCUT2D eigenvalue weighted by atomic mass is 16.3. The van der Waals surface area contributed by atoms with Gasteiger partial charge in [0.05, 0.1) is 6.10 Å². The molecule has 2 unspecified atom stereocenters. The normalized spacial score (nSPS) is 24.1. The van der Waals surface area contributed by atoms with Crippen molar-refractivity contribution in [2.75, 3.05) is 6.54 Å². The van der Waals surface area contributed by atoms with Gasteiger partial charge in [0.25, 0.3) is 0 Å². The molecule has 4 nitrogen and oxygen atoms in total. The molecule has 2 rings (SSSR count). The SMILES string of the molecule is Oc1ccc(CNCC2CCC(O)C2)c(O)c1. The molecular formula is C13H19NO3. The Kier molecular flexibility index (Phi) is 3.86. The number of aliphatic hydroxyl groups is 1. The van der Waals surface area contributed by atoms with Gasteiger partial charge in [0.1, 0.15) is 11.5 Å². The van der Waals surface area contributed by atoms with Gasteiger partial charge in [0.2, 0.25) is 0 Å². The van der Waals surface area contributed by atoms with Crippen LogP contribution in [0.4, 0.5) is 0 Å². The molecule has 0 saturated heterocycles. The lowest BCUT2D eigenvalue weighted by molar-refractivity contribution is 0.177. The van der Waals surface area contributed by atoms with E-state index in [2.05, 4.69) is 5.32 Å². The van der Waals surface area contributed by atoms with Crippen LogP contribution in [0.5, 0.6) is 11.5 Å². The molecule has 1 aromatic carbocycles.